The van der Waals surface area contributed by atoms with Gasteiger partial charge in [0.1, 0.15) is 12.0 Å². The summed E-state index contributed by atoms with van der Waals surface area (Å²) in [7, 11) is 0. The van der Waals surface area contributed by atoms with Crippen LogP contribution in [-0.2, 0) is 11.2 Å². The monoisotopic (exact) mass is 232 g/mol. The molecule has 0 aliphatic carbocycles. The van der Waals surface area contributed by atoms with Crippen molar-refractivity contribution in [3.05, 3.63) is 41.0 Å². The lowest BCUT2D eigenvalue weighted by molar-refractivity contribution is -0.131. The van der Waals surface area contributed by atoms with E-state index in [1.807, 2.05) is 19.9 Å². The van der Waals surface area contributed by atoms with Gasteiger partial charge in [-0.3, -0.25) is 9.59 Å². The maximum absolute atomic E-state index is 11.0. The van der Waals surface area contributed by atoms with Gasteiger partial charge in [0.25, 0.3) is 0 Å². The highest BCUT2D eigenvalue weighted by atomic mass is 16.5. The number of hydrogen-bond acceptors (Lipinski definition) is 3. The highest BCUT2D eigenvalue weighted by Gasteiger charge is 2.06. The number of ether oxygens (including phenoxy) is 1. The zero-order valence-electron chi connectivity index (χ0n) is 10.3. The third-order valence-corrected chi connectivity index (χ3v) is 2.20. The Morgan fingerprint density at radius 1 is 1.29 bits per heavy atom. The average Bonchev–Trinajstić information content (AvgIpc) is 2.27. The Labute approximate surface area is 101 Å². The molecule has 0 radical (unpaired) electrons. The second kappa shape index (κ2) is 5.99. The van der Waals surface area contributed by atoms with E-state index in [-0.39, 0.29) is 5.97 Å². The van der Waals surface area contributed by atoms with Crippen LogP contribution in [0, 0.1) is 0 Å². The van der Waals surface area contributed by atoms with Crippen molar-refractivity contribution in [1.29, 1.82) is 0 Å². The van der Waals surface area contributed by atoms with Crippen LogP contribution in [0.3, 0.4) is 0 Å². The maximum atomic E-state index is 11.0. The molecule has 1 aromatic carbocycles. The summed E-state index contributed by atoms with van der Waals surface area (Å²) < 4.78 is 5.09. The SMILES string of the molecule is CC(=O)Oc1ccc(C=O)cc1CC=C(C)C. The molecule has 0 N–H and O–H groups in total. The molecule has 3 heteroatoms. The van der Waals surface area contributed by atoms with Crippen LogP contribution in [0.1, 0.15) is 36.7 Å². The Morgan fingerprint density at radius 3 is 2.53 bits per heavy atom. The molecule has 0 unspecified atom stereocenters. The van der Waals surface area contributed by atoms with Crippen molar-refractivity contribution in [2.24, 2.45) is 0 Å². The normalized spacial score (nSPS) is 9.59. The summed E-state index contributed by atoms with van der Waals surface area (Å²) >= 11 is 0. The molecule has 0 spiro atoms. The third kappa shape index (κ3) is 4.23. The van der Waals surface area contributed by atoms with Gasteiger partial charge in [0.15, 0.2) is 0 Å². The lowest BCUT2D eigenvalue weighted by Crippen LogP contribution is -2.04. The van der Waals surface area contributed by atoms with Gasteiger partial charge in [0.05, 0.1) is 0 Å². The van der Waals surface area contributed by atoms with Crippen LogP contribution >= 0.6 is 0 Å². The van der Waals surface area contributed by atoms with Gasteiger partial charge >= 0.3 is 5.97 Å². The van der Waals surface area contributed by atoms with E-state index >= 15 is 0 Å². The van der Waals surface area contributed by atoms with Crippen LogP contribution in [0.4, 0.5) is 0 Å². The molecule has 17 heavy (non-hydrogen) atoms. The minimum atomic E-state index is -0.359. The van der Waals surface area contributed by atoms with Gasteiger partial charge < -0.3 is 4.74 Å². The molecule has 1 aromatic rings. The predicted octanol–water partition coefficient (Wildman–Crippen LogP) is 2.93. The van der Waals surface area contributed by atoms with Crippen LogP contribution < -0.4 is 4.74 Å². The van der Waals surface area contributed by atoms with Gasteiger partial charge in [-0.1, -0.05) is 11.6 Å². The van der Waals surface area contributed by atoms with Gasteiger partial charge in [-0.05, 0) is 44.0 Å². The number of hydrogen-bond donors (Lipinski definition) is 0. The predicted molar refractivity (Wildman–Crippen MR) is 66.3 cm³/mol. The van der Waals surface area contributed by atoms with E-state index in [4.69, 9.17) is 4.74 Å². The van der Waals surface area contributed by atoms with Crippen LogP contribution in [-0.4, -0.2) is 12.3 Å². The van der Waals surface area contributed by atoms with Gasteiger partial charge in [-0.15, -0.1) is 0 Å². The summed E-state index contributed by atoms with van der Waals surface area (Å²) in [4.78, 5) is 21.7. The average molecular weight is 232 g/mol. The molecular weight excluding hydrogens is 216 g/mol. The molecule has 0 aliphatic heterocycles. The fraction of sp³-hybridized carbons (Fsp3) is 0.286. The lowest BCUT2D eigenvalue weighted by atomic mass is 10.1. The summed E-state index contributed by atoms with van der Waals surface area (Å²) in [6, 6.07) is 5.03. The van der Waals surface area contributed by atoms with E-state index in [0.29, 0.717) is 17.7 Å². The molecule has 0 amide bonds. The molecule has 0 saturated heterocycles. The van der Waals surface area contributed by atoms with Crippen molar-refractivity contribution in [1.82, 2.24) is 0 Å². The molecule has 3 nitrogen and oxygen atoms in total. The van der Waals surface area contributed by atoms with Crippen LogP contribution in [0.25, 0.3) is 0 Å². The first-order valence-electron chi connectivity index (χ1n) is 5.43. The summed E-state index contributed by atoms with van der Waals surface area (Å²) in [5.74, 6) is 0.155. The first-order chi connectivity index (χ1) is 8.02. The first kappa shape index (κ1) is 13.2. The van der Waals surface area contributed by atoms with Crippen molar-refractivity contribution in [2.45, 2.75) is 27.2 Å². The zero-order valence-corrected chi connectivity index (χ0v) is 10.3. The number of carbonyl (C=O) groups excluding carboxylic acids is 2. The Kier molecular flexibility index (Phi) is 4.64. The van der Waals surface area contributed by atoms with E-state index in [0.717, 1.165) is 11.8 Å². The Balaban J connectivity index is 3.06. The van der Waals surface area contributed by atoms with Crippen LogP contribution in [0.5, 0.6) is 5.75 Å². The van der Waals surface area contributed by atoms with Crippen molar-refractivity contribution in [3.8, 4) is 5.75 Å². The minimum Gasteiger partial charge on any atom is -0.426 e. The molecule has 0 fully saturated rings. The molecule has 0 bridgehead atoms. The van der Waals surface area contributed by atoms with Crippen molar-refractivity contribution >= 4 is 12.3 Å². The fourth-order valence-electron chi connectivity index (χ4n) is 1.40. The number of benzene rings is 1. The summed E-state index contributed by atoms with van der Waals surface area (Å²) in [5.41, 5.74) is 2.60. The molecule has 0 aromatic heterocycles. The summed E-state index contributed by atoms with van der Waals surface area (Å²) in [6.07, 6.45) is 3.45. The number of rotatable bonds is 4. The van der Waals surface area contributed by atoms with E-state index in [2.05, 4.69) is 0 Å². The molecule has 0 saturated carbocycles. The second-order valence-electron chi connectivity index (χ2n) is 4.06. The molecule has 0 heterocycles. The number of carbonyl (C=O) groups is 2. The number of aldehydes is 1. The topological polar surface area (TPSA) is 43.4 Å². The summed E-state index contributed by atoms with van der Waals surface area (Å²) in [6.45, 7) is 5.35. The molecule has 90 valence electrons. The lowest BCUT2D eigenvalue weighted by Gasteiger charge is -2.08. The highest BCUT2D eigenvalue weighted by molar-refractivity contribution is 5.76. The van der Waals surface area contributed by atoms with Crippen molar-refractivity contribution < 1.29 is 14.3 Å². The quantitative estimate of drug-likeness (QED) is 0.347. The first-order valence-corrected chi connectivity index (χ1v) is 5.43. The van der Waals surface area contributed by atoms with Gasteiger partial charge in [0.2, 0.25) is 0 Å². The molecule has 0 aliphatic rings. The van der Waals surface area contributed by atoms with Crippen LogP contribution in [0.15, 0.2) is 29.8 Å². The second-order valence-corrected chi connectivity index (χ2v) is 4.06. The standard InChI is InChI=1S/C14H16O3/c1-10(2)4-6-13-8-12(9-15)5-7-14(13)17-11(3)16/h4-5,7-9H,6H2,1-3H3. The van der Waals surface area contributed by atoms with E-state index < -0.39 is 0 Å². The molecular formula is C14H16O3. The molecule has 0 atom stereocenters. The Morgan fingerprint density at radius 2 is 2.00 bits per heavy atom. The van der Waals surface area contributed by atoms with Gasteiger partial charge in [0, 0.05) is 12.5 Å². The summed E-state index contributed by atoms with van der Waals surface area (Å²) in [5, 5.41) is 0. The molecule has 1 rings (SSSR count). The maximum Gasteiger partial charge on any atom is 0.308 e. The van der Waals surface area contributed by atoms with Gasteiger partial charge in [-0.2, -0.15) is 0 Å². The Hall–Kier alpha value is -1.90. The smallest absolute Gasteiger partial charge is 0.308 e. The van der Waals surface area contributed by atoms with Crippen molar-refractivity contribution in [2.75, 3.05) is 0 Å². The van der Waals surface area contributed by atoms with Crippen LogP contribution in [0.2, 0.25) is 0 Å². The van der Waals surface area contributed by atoms with Crippen molar-refractivity contribution in [3.63, 3.8) is 0 Å². The number of esters is 1. The highest BCUT2D eigenvalue weighted by Crippen LogP contribution is 2.21. The van der Waals surface area contributed by atoms with E-state index in [9.17, 15) is 9.59 Å². The Bertz CT molecular complexity index is 455. The minimum absolute atomic E-state index is 0.359. The van der Waals surface area contributed by atoms with E-state index in [1.165, 1.54) is 12.5 Å². The fourth-order valence-corrected chi connectivity index (χ4v) is 1.40. The third-order valence-electron chi connectivity index (χ3n) is 2.20. The number of allylic oxidation sites excluding steroid dienone is 2. The largest absolute Gasteiger partial charge is 0.426 e. The van der Waals surface area contributed by atoms with Gasteiger partial charge in [-0.25, -0.2) is 0 Å². The zero-order chi connectivity index (χ0) is 12.8. The van der Waals surface area contributed by atoms with E-state index in [1.54, 1.807) is 18.2 Å².